The van der Waals surface area contributed by atoms with Gasteiger partial charge in [-0.2, -0.15) is 5.26 Å². The first kappa shape index (κ1) is 20.2. The highest BCUT2D eigenvalue weighted by molar-refractivity contribution is 5.96. The molecule has 5 rings (SSSR count). The molecule has 1 aliphatic heterocycles. The van der Waals surface area contributed by atoms with Gasteiger partial charge >= 0.3 is 5.97 Å². The lowest BCUT2D eigenvalue weighted by Gasteiger charge is -2.36. The van der Waals surface area contributed by atoms with Crippen molar-refractivity contribution in [2.75, 3.05) is 24.5 Å². The lowest BCUT2D eigenvalue weighted by molar-refractivity contribution is 0.0695. The van der Waals surface area contributed by atoms with E-state index >= 15 is 4.39 Å². The average Bonchev–Trinajstić information content (AvgIpc) is 3.64. The van der Waals surface area contributed by atoms with E-state index in [2.05, 4.69) is 11.4 Å². The van der Waals surface area contributed by atoms with E-state index in [1.165, 1.54) is 6.20 Å². The molecule has 1 aromatic heterocycles. The van der Waals surface area contributed by atoms with E-state index in [0.29, 0.717) is 25.2 Å². The number of aromatic carboxylic acids is 1. The number of hydrogen-bond acceptors (Lipinski definition) is 5. The monoisotopic (exact) mass is 432 g/mol. The standard InChI is InChI=1S/C24H21FN4O3/c25-19-10-16-21(29(15-6-7-15)12-18(23(16)30)24(31)32)17(11-26)22(19)28-9-8-27-20(13-28)14-4-2-1-3-5-14/h1-5,10,12,15,20,27H,6-9,13H2,(H,31,32). The van der Waals surface area contributed by atoms with E-state index in [1.54, 1.807) is 4.57 Å². The van der Waals surface area contributed by atoms with Crippen molar-refractivity contribution in [3.63, 3.8) is 0 Å². The fraction of sp³-hybridized carbons (Fsp3) is 0.292. The molecule has 1 saturated carbocycles. The van der Waals surface area contributed by atoms with Crippen LogP contribution in [0.1, 0.15) is 46.4 Å². The average molecular weight is 432 g/mol. The summed E-state index contributed by atoms with van der Waals surface area (Å²) in [6.45, 7) is 1.57. The molecule has 2 fully saturated rings. The van der Waals surface area contributed by atoms with Crippen LogP contribution in [-0.4, -0.2) is 35.3 Å². The first-order chi connectivity index (χ1) is 15.5. The van der Waals surface area contributed by atoms with Gasteiger partial charge in [-0.3, -0.25) is 4.79 Å². The second-order valence-corrected chi connectivity index (χ2v) is 8.27. The van der Waals surface area contributed by atoms with Crippen LogP contribution in [0.3, 0.4) is 0 Å². The van der Waals surface area contributed by atoms with Gasteiger partial charge < -0.3 is 19.9 Å². The second-order valence-electron chi connectivity index (χ2n) is 8.27. The summed E-state index contributed by atoms with van der Waals surface area (Å²) < 4.78 is 17.1. The van der Waals surface area contributed by atoms with Gasteiger partial charge in [-0.25, -0.2) is 9.18 Å². The molecule has 2 N–H and O–H groups in total. The number of halogens is 1. The summed E-state index contributed by atoms with van der Waals surface area (Å²) in [5.74, 6) is -2.05. The maximum atomic E-state index is 15.4. The molecule has 0 bridgehead atoms. The molecule has 1 aliphatic carbocycles. The Balaban J connectivity index is 1.69. The number of nitrogens with one attached hydrogen (secondary N) is 1. The van der Waals surface area contributed by atoms with Crippen LogP contribution < -0.4 is 15.6 Å². The van der Waals surface area contributed by atoms with Crippen LogP contribution in [0.5, 0.6) is 0 Å². The molecule has 2 heterocycles. The summed E-state index contributed by atoms with van der Waals surface area (Å²) in [6, 6.07) is 13.0. The van der Waals surface area contributed by atoms with Crippen LogP contribution >= 0.6 is 0 Å². The number of rotatable bonds is 4. The SMILES string of the molecule is N#Cc1c(N2CCNC(c3ccccc3)C2)c(F)cc2c(=O)c(C(=O)O)cn(C3CC3)c12. The number of hydrogen-bond donors (Lipinski definition) is 2. The van der Waals surface area contributed by atoms with Gasteiger partial charge in [0.15, 0.2) is 0 Å². The number of carboxylic acid groups (broad SMARTS) is 1. The van der Waals surface area contributed by atoms with Gasteiger partial charge in [0, 0.05) is 37.9 Å². The second kappa shape index (κ2) is 7.77. The van der Waals surface area contributed by atoms with E-state index in [0.717, 1.165) is 24.5 Å². The van der Waals surface area contributed by atoms with Crippen molar-refractivity contribution in [2.45, 2.75) is 24.9 Å². The third kappa shape index (κ3) is 3.31. The number of nitriles is 1. The Morgan fingerprint density at radius 3 is 2.66 bits per heavy atom. The Hall–Kier alpha value is -3.70. The minimum absolute atomic E-state index is 0.00157. The molecule has 0 radical (unpaired) electrons. The van der Waals surface area contributed by atoms with E-state index < -0.39 is 22.8 Å². The van der Waals surface area contributed by atoms with Crippen molar-refractivity contribution in [1.82, 2.24) is 9.88 Å². The Kier molecular flexibility index (Phi) is 4.91. The van der Waals surface area contributed by atoms with E-state index in [-0.39, 0.29) is 28.7 Å². The summed E-state index contributed by atoms with van der Waals surface area (Å²) in [7, 11) is 0. The summed E-state index contributed by atoms with van der Waals surface area (Å²) in [5, 5.41) is 22.9. The normalized spacial score (nSPS) is 18.5. The number of anilines is 1. The number of carboxylic acids is 1. The fourth-order valence-corrected chi connectivity index (χ4v) is 4.55. The molecule has 2 aliphatic rings. The number of fused-ring (bicyclic) bond motifs is 1. The first-order valence-electron chi connectivity index (χ1n) is 10.6. The van der Waals surface area contributed by atoms with Crippen LogP contribution in [0.15, 0.2) is 47.4 Å². The number of piperazine rings is 1. The third-order valence-corrected chi connectivity index (χ3v) is 6.22. The van der Waals surface area contributed by atoms with Crippen molar-refractivity contribution in [2.24, 2.45) is 0 Å². The van der Waals surface area contributed by atoms with Gasteiger partial charge in [-0.1, -0.05) is 30.3 Å². The van der Waals surface area contributed by atoms with Gasteiger partial charge in [0.1, 0.15) is 23.0 Å². The lowest BCUT2D eigenvalue weighted by Crippen LogP contribution is -2.46. The number of aromatic nitrogens is 1. The van der Waals surface area contributed by atoms with Gasteiger partial charge in [0.05, 0.1) is 16.6 Å². The molecular formula is C24H21FN4O3. The van der Waals surface area contributed by atoms with Crippen LogP contribution in [-0.2, 0) is 0 Å². The summed E-state index contributed by atoms with van der Waals surface area (Å²) in [5.41, 5.74) is 0.448. The highest BCUT2D eigenvalue weighted by Crippen LogP contribution is 2.40. The minimum Gasteiger partial charge on any atom is -0.477 e. The molecule has 1 atom stereocenters. The van der Waals surface area contributed by atoms with E-state index in [4.69, 9.17) is 0 Å². The van der Waals surface area contributed by atoms with Crippen molar-refractivity contribution < 1.29 is 14.3 Å². The van der Waals surface area contributed by atoms with Gasteiger partial charge in [0.25, 0.3) is 0 Å². The Labute approximate surface area is 183 Å². The minimum atomic E-state index is -1.36. The van der Waals surface area contributed by atoms with Crippen molar-refractivity contribution in [3.8, 4) is 6.07 Å². The summed E-state index contributed by atoms with van der Waals surface area (Å²) in [6.07, 6.45) is 2.94. The molecule has 1 unspecified atom stereocenters. The quantitative estimate of drug-likeness (QED) is 0.657. The molecule has 2 aromatic carbocycles. The van der Waals surface area contributed by atoms with Gasteiger partial charge in [-0.05, 0) is 24.5 Å². The Morgan fingerprint density at radius 2 is 2.00 bits per heavy atom. The topological polar surface area (TPSA) is 98.4 Å². The fourth-order valence-electron chi connectivity index (χ4n) is 4.55. The predicted molar refractivity (Wildman–Crippen MR) is 118 cm³/mol. The molecule has 0 spiro atoms. The smallest absolute Gasteiger partial charge is 0.341 e. The molecule has 162 valence electrons. The molecule has 0 amide bonds. The maximum Gasteiger partial charge on any atom is 0.341 e. The van der Waals surface area contributed by atoms with Crippen molar-refractivity contribution in [3.05, 3.63) is 75.3 Å². The maximum absolute atomic E-state index is 15.4. The van der Waals surface area contributed by atoms with Crippen LogP contribution in [0.4, 0.5) is 10.1 Å². The van der Waals surface area contributed by atoms with Gasteiger partial charge in [-0.15, -0.1) is 0 Å². The third-order valence-electron chi connectivity index (χ3n) is 6.22. The van der Waals surface area contributed by atoms with Gasteiger partial charge in [0.2, 0.25) is 5.43 Å². The highest BCUT2D eigenvalue weighted by Gasteiger charge is 2.32. The highest BCUT2D eigenvalue weighted by atomic mass is 19.1. The molecule has 7 nitrogen and oxygen atoms in total. The van der Waals surface area contributed by atoms with E-state index in [9.17, 15) is 20.0 Å². The molecule has 3 aromatic rings. The zero-order valence-electron chi connectivity index (χ0n) is 17.2. The summed E-state index contributed by atoms with van der Waals surface area (Å²) >= 11 is 0. The first-order valence-corrected chi connectivity index (χ1v) is 10.6. The van der Waals surface area contributed by atoms with E-state index in [1.807, 2.05) is 35.2 Å². The predicted octanol–water partition coefficient (Wildman–Crippen LogP) is 3.20. The zero-order valence-corrected chi connectivity index (χ0v) is 17.2. The number of benzene rings is 2. The Bertz CT molecular complexity index is 1330. The number of carbonyl (C=O) groups is 1. The number of pyridine rings is 1. The largest absolute Gasteiger partial charge is 0.477 e. The molecule has 8 heteroatoms. The Morgan fingerprint density at radius 1 is 1.25 bits per heavy atom. The zero-order chi connectivity index (χ0) is 22.4. The molecule has 1 saturated heterocycles. The van der Waals surface area contributed by atoms with Crippen LogP contribution in [0.25, 0.3) is 10.9 Å². The lowest BCUT2D eigenvalue weighted by atomic mass is 10.0. The summed E-state index contributed by atoms with van der Waals surface area (Å²) in [4.78, 5) is 26.3. The number of nitrogens with zero attached hydrogens (tertiary/aromatic N) is 3. The molecule has 32 heavy (non-hydrogen) atoms. The van der Waals surface area contributed by atoms with Crippen molar-refractivity contribution in [1.29, 1.82) is 5.26 Å². The molecular weight excluding hydrogens is 411 g/mol. The van der Waals surface area contributed by atoms with Crippen LogP contribution in [0.2, 0.25) is 0 Å². The van der Waals surface area contributed by atoms with Crippen molar-refractivity contribution >= 4 is 22.6 Å². The van der Waals surface area contributed by atoms with Crippen LogP contribution in [0, 0.1) is 17.1 Å².